The van der Waals surface area contributed by atoms with Crippen LogP contribution in [0.3, 0.4) is 0 Å². The van der Waals surface area contributed by atoms with Crippen LogP contribution in [0, 0.1) is 0 Å². The molecule has 2 N–H and O–H groups in total. The maximum absolute atomic E-state index is 11.1. The van der Waals surface area contributed by atoms with Crippen LogP contribution >= 0.6 is 0 Å². The molecule has 0 spiro atoms. The van der Waals surface area contributed by atoms with Crippen LogP contribution in [0.25, 0.3) is 0 Å². The molecule has 0 unspecified atom stereocenters. The molecular weight excluding hydrogens is 240 g/mol. The summed E-state index contributed by atoms with van der Waals surface area (Å²) in [6, 6.07) is 0.765. The molecule has 2 fully saturated rings. The van der Waals surface area contributed by atoms with Gasteiger partial charge >= 0.3 is 6.03 Å². The smallest absolute Gasteiger partial charge is 0.314 e. The van der Waals surface area contributed by atoms with E-state index >= 15 is 0 Å². The predicted octanol–water partition coefficient (Wildman–Crippen LogP) is 0.866. The normalized spacial score (nSPS) is 23.2. The van der Waals surface area contributed by atoms with Crippen molar-refractivity contribution in [1.29, 1.82) is 0 Å². The molecule has 1 saturated carbocycles. The Morgan fingerprint density at radius 2 is 1.79 bits per heavy atom. The second-order valence-electron chi connectivity index (χ2n) is 5.68. The molecule has 1 aliphatic carbocycles. The number of nitrogens with one attached hydrogen (secondary N) is 2. The number of amides is 2. The third kappa shape index (κ3) is 4.66. The van der Waals surface area contributed by atoms with Gasteiger partial charge in [-0.15, -0.1) is 0 Å². The van der Waals surface area contributed by atoms with Gasteiger partial charge in [-0.2, -0.15) is 0 Å². The topological polar surface area (TPSA) is 47.6 Å². The summed E-state index contributed by atoms with van der Waals surface area (Å²) in [5.41, 5.74) is 0. The summed E-state index contributed by atoms with van der Waals surface area (Å²) in [4.78, 5) is 16.2. The largest absolute Gasteiger partial charge is 0.341 e. The van der Waals surface area contributed by atoms with Crippen LogP contribution in [-0.2, 0) is 0 Å². The summed E-state index contributed by atoms with van der Waals surface area (Å²) >= 11 is 0. The highest BCUT2D eigenvalue weighted by Crippen LogP contribution is 2.23. The average Bonchev–Trinajstić information content (AvgIpc) is 2.48. The molecule has 5 heteroatoms. The maximum atomic E-state index is 11.1. The van der Waals surface area contributed by atoms with E-state index in [1.807, 2.05) is 0 Å². The van der Waals surface area contributed by atoms with Crippen LogP contribution in [0.4, 0.5) is 4.79 Å². The first-order chi connectivity index (χ1) is 9.29. The molecule has 2 aliphatic rings. The predicted molar refractivity (Wildman–Crippen MR) is 77.3 cm³/mol. The number of carbonyl (C=O) groups is 1. The van der Waals surface area contributed by atoms with Gasteiger partial charge in [-0.25, -0.2) is 4.79 Å². The molecular formula is C14H28N4O. The number of hydrogen-bond donors (Lipinski definition) is 2. The molecule has 5 nitrogen and oxygen atoms in total. The van der Waals surface area contributed by atoms with Crippen LogP contribution in [0.2, 0.25) is 0 Å². The van der Waals surface area contributed by atoms with Crippen molar-refractivity contribution in [3.05, 3.63) is 0 Å². The lowest BCUT2D eigenvalue weighted by Crippen LogP contribution is -2.52. The van der Waals surface area contributed by atoms with Gasteiger partial charge in [-0.1, -0.05) is 19.3 Å². The lowest BCUT2D eigenvalue weighted by molar-refractivity contribution is 0.0797. The summed E-state index contributed by atoms with van der Waals surface area (Å²) in [5.74, 6) is 0. The van der Waals surface area contributed by atoms with Gasteiger partial charge in [0, 0.05) is 52.4 Å². The summed E-state index contributed by atoms with van der Waals surface area (Å²) in [6.45, 7) is 6.39. The van der Waals surface area contributed by atoms with Crippen LogP contribution in [-0.4, -0.2) is 68.2 Å². The fourth-order valence-corrected chi connectivity index (χ4v) is 3.21. The van der Waals surface area contributed by atoms with E-state index in [1.165, 1.54) is 45.2 Å². The van der Waals surface area contributed by atoms with Gasteiger partial charge in [0.15, 0.2) is 0 Å². The van der Waals surface area contributed by atoms with Gasteiger partial charge in [0.25, 0.3) is 0 Å². The van der Waals surface area contributed by atoms with Crippen molar-refractivity contribution in [1.82, 2.24) is 20.4 Å². The lowest BCUT2D eigenvalue weighted by atomic mass is 9.94. The van der Waals surface area contributed by atoms with Crippen LogP contribution < -0.4 is 10.6 Å². The van der Waals surface area contributed by atoms with Crippen molar-refractivity contribution < 1.29 is 4.79 Å². The minimum atomic E-state index is -0.0826. The minimum Gasteiger partial charge on any atom is -0.341 e. The number of nitrogens with zero attached hydrogens (tertiary/aromatic N) is 2. The quantitative estimate of drug-likeness (QED) is 0.795. The van der Waals surface area contributed by atoms with E-state index in [4.69, 9.17) is 0 Å². The lowest BCUT2D eigenvalue weighted by Gasteiger charge is -2.40. The van der Waals surface area contributed by atoms with Crippen molar-refractivity contribution in [2.75, 3.05) is 46.3 Å². The molecule has 0 aromatic carbocycles. The molecule has 0 aromatic rings. The Kier molecular flexibility index (Phi) is 5.92. The van der Waals surface area contributed by atoms with E-state index in [-0.39, 0.29) is 6.03 Å². The summed E-state index contributed by atoms with van der Waals surface area (Å²) in [6.07, 6.45) is 7.07. The highest BCUT2D eigenvalue weighted by Gasteiger charge is 2.24. The van der Waals surface area contributed by atoms with Gasteiger partial charge in [-0.05, 0) is 12.8 Å². The number of carbonyl (C=O) groups excluding carboxylic acids is 1. The first-order valence-corrected chi connectivity index (χ1v) is 7.71. The molecule has 110 valence electrons. The third-order valence-corrected chi connectivity index (χ3v) is 4.44. The fraction of sp³-hybridized carbons (Fsp3) is 0.929. The monoisotopic (exact) mass is 268 g/mol. The van der Waals surface area contributed by atoms with Crippen molar-refractivity contribution in [2.24, 2.45) is 0 Å². The molecule has 1 aliphatic heterocycles. The number of urea groups is 1. The second kappa shape index (κ2) is 7.70. The van der Waals surface area contributed by atoms with Crippen LogP contribution in [0.5, 0.6) is 0 Å². The zero-order valence-electron chi connectivity index (χ0n) is 12.2. The van der Waals surface area contributed by atoms with Gasteiger partial charge in [0.1, 0.15) is 0 Å². The van der Waals surface area contributed by atoms with E-state index in [0.717, 1.165) is 32.2 Å². The Morgan fingerprint density at radius 3 is 2.42 bits per heavy atom. The van der Waals surface area contributed by atoms with Crippen molar-refractivity contribution in [3.8, 4) is 0 Å². The van der Waals surface area contributed by atoms with Gasteiger partial charge < -0.3 is 10.6 Å². The molecule has 0 bridgehead atoms. The highest BCUT2D eigenvalue weighted by molar-refractivity contribution is 5.73. The van der Waals surface area contributed by atoms with E-state index in [2.05, 4.69) is 20.4 Å². The van der Waals surface area contributed by atoms with Gasteiger partial charge in [-0.3, -0.25) is 9.80 Å². The van der Waals surface area contributed by atoms with Crippen molar-refractivity contribution >= 4 is 6.03 Å². The van der Waals surface area contributed by atoms with E-state index in [9.17, 15) is 4.79 Å². The van der Waals surface area contributed by atoms with E-state index in [0.29, 0.717) is 0 Å². The Bertz CT molecular complexity index is 271. The first kappa shape index (κ1) is 14.6. The molecule has 0 aromatic heterocycles. The first-order valence-electron chi connectivity index (χ1n) is 7.71. The summed E-state index contributed by atoms with van der Waals surface area (Å²) in [7, 11) is 1.65. The zero-order chi connectivity index (χ0) is 13.5. The van der Waals surface area contributed by atoms with E-state index in [1.54, 1.807) is 7.05 Å². The van der Waals surface area contributed by atoms with E-state index < -0.39 is 0 Å². The molecule has 1 heterocycles. The number of rotatable bonds is 4. The summed E-state index contributed by atoms with van der Waals surface area (Å²) < 4.78 is 0. The highest BCUT2D eigenvalue weighted by atomic mass is 16.2. The van der Waals surface area contributed by atoms with Crippen molar-refractivity contribution in [3.63, 3.8) is 0 Å². The second-order valence-corrected chi connectivity index (χ2v) is 5.68. The SMILES string of the molecule is CNC(=O)NCCN1CCN(C2CCCCC2)CC1. The van der Waals surface area contributed by atoms with Gasteiger partial charge in [0.2, 0.25) is 0 Å². The zero-order valence-corrected chi connectivity index (χ0v) is 12.2. The molecule has 2 rings (SSSR count). The third-order valence-electron chi connectivity index (χ3n) is 4.44. The summed E-state index contributed by atoms with van der Waals surface area (Å²) in [5, 5.41) is 5.42. The number of piperazine rings is 1. The molecule has 1 saturated heterocycles. The Hall–Kier alpha value is -0.810. The fourth-order valence-electron chi connectivity index (χ4n) is 3.21. The maximum Gasteiger partial charge on any atom is 0.314 e. The molecule has 2 amide bonds. The Labute approximate surface area is 116 Å². The van der Waals surface area contributed by atoms with Crippen molar-refractivity contribution in [2.45, 2.75) is 38.1 Å². The van der Waals surface area contributed by atoms with Crippen LogP contribution in [0.15, 0.2) is 0 Å². The van der Waals surface area contributed by atoms with Gasteiger partial charge in [0.05, 0.1) is 0 Å². The Balaban J connectivity index is 1.60. The Morgan fingerprint density at radius 1 is 1.11 bits per heavy atom. The molecule has 19 heavy (non-hydrogen) atoms. The molecule has 0 radical (unpaired) electrons. The van der Waals surface area contributed by atoms with Crippen LogP contribution in [0.1, 0.15) is 32.1 Å². The molecule has 0 atom stereocenters. The average molecular weight is 268 g/mol. The minimum absolute atomic E-state index is 0.0826. The number of hydrogen-bond acceptors (Lipinski definition) is 3. The standard InChI is InChI=1S/C14H28N4O/c1-15-14(19)16-7-8-17-9-11-18(12-10-17)13-5-3-2-4-6-13/h13H,2-12H2,1H3,(H2,15,16,19).